The SMILES string of the molecule is CSc1cc(N)nc(-c2cccc(C(F)(F)F)c2SC)n1. The number of alkyl halides is 3. The van der Waals surface area contributed by atoms with Gasteiger partial charge in [-0.15, -0.1) is 23.5 Å². The lowest BCUT2D eigenvalue weighted by Crippen LogP contribution is -2.08. The number of anilines is 1. The van der Waals surface area contributed by atoms with Gasteiger partial charge in [0.1, 0.15) is 10.8 Å². The molecular weight excluding hydrogens is 319 g/mol. The number of hydrogen-bond donors (Lipinski definition) is 1. The molecule has 0 saturated carbocycles. The Morgan fingerprint density at radius 2 is 1.81 bits per heavy atom. The largest absolute Gasteiger partial charge is 0.417 e. The van der Waals surface area contributed by atoms with E-state index in [0.717, 1.165) is 17.8 Å². The summed E-state index contributed by atoms with van der Waals surface area (Å²) in [5.74, 6) is 0.434. The topological polar surface area (TPSA) is 51.8 Å². The average molecular weight is 331 g/mol. The normalized spacial score (nSPS) is 11.7. The summed E-state index contributed by atoms with van der Waals surface area (Å²) in [5.41, 5.74) is 5.34. The lowest BCUT2D eigenvalue weighted by molar-refractivity contribution is -0.139. The molecule has 8 heteroatoms. The standard InChI is InChI=1S/C13H12F3N3S2/c1-20-10-6-9(17)18-12(19-10)7-4-3-5-8(11(7)21-2)13(14,15)16/h3-6H,1-2H3,(H2,17,18,19). The van der Waals surface area contributed by atoms with Crippen LogP contribution in [0.1, 0.15) is 5.56 Å². The monoisotopic (exact) mass is 331 g/mol. The summed E-state index contributed by atoms with van der Waals surface area (Å²) in [6.07, 6.45) is -1.01. The fraction of sp³-hybridized carbons (Fsp3) is 0.231. The smallest absolute Gasteiger partial charge is 0.384 e. The minimum atomic E-state index is -4.42. The highest BCUT2D eigenvalue weighted by molar-refractivity contribution is 7.99. The van der Waals surface area contributed by atoms with Gasteiger partial charge in [0.2, 0.25) is 0 Å². The minimum Gasteiger partial charge on any atom is -0.384 e. The van der Waals surface area contributed by atoms with Crippen LogP contribution < -0.4 is 5.73 Å². The molecule has 0 aliphatic carbocycles. The maximum atomic E-state index is 13.1. The van der Waals surface area contributed by atoms with Crippen molar-refractivity contribution < 1.29 is 13.2 Å². The van der Waals surface area contributed by atoms with Gasteiger partial charge in [0.25, 0.3) is 0 Å². The van der Waals surface area contributed by atoms with Crippen LogP contribution in [0.4, 0.5) is 19.0 Å². The molecule has 0 spiro atoms. The van der Waals surface area contributed by atoms with Crippen molar-refractivity contribution >= 4 is 29.3 Å². The Morgan fingerprint density at radius 3 is 2.38 bits per heavy atom. The Bertz CT molecular complexity index is 660. The van der Waals surface area contributed by atoms with Gasteiger partial charge in [-0.1, -0.05) is 12.1 Å². The molecule has 0 saturated heterocycles. The van der Waals surface area contributed by atoms with Gasteiger partial charge in [0, 0.05) is 16.5 Å². The molecule has 0 radical (unpaired) electrons. The van der Waals surface area contributed by atoms with Crippen LogP contribution in [0.2, 0.25) is 0 Å². The van der Waals surface area contributed by atoms with Gasteiger partial charge in [-0.2, -0.15) is 13.2 Å². The number of halogens is 3. The highest BCUT2D eigenvalue weighted by Crippen LogP contribution is 2.40. The second-order valence-electron chi connectivity index (χ2n) is 4.04. The Balaban J connectivity index is 2.67. The molecule has 3 nitrogen and oxygen atoms in total. The first-order chi connectivity index (χ1) is 9.86. The third kappa shape index (κ3) is 3.44. The second-order valence-corrected chi connectivity index (χ2v) is 5.69. The molecule has 2 N–H and O–H groups in total. The lowest BCUT2D eigenvalue weighted by Gasteiger charge is -2.15. The lowest BCUT2D eigenvalue weighted by atomic mass is 10.1. The van der Waals surface area contributed by atoms with E-state index in [4.69, 9.17) is 5.73 Å². The molecule has 0 amide bonds. The number of rotatable bonds is 3. The molecule has 0 aliphatic rings. The number of nitrogens with two attached hydrogens (primary N) is 1. The maximum absolute atomic E-state index is 13.1. The van der Waals surface area contributed by atoms with E-state index in [-0.39, 0.29) is 16.5 Å². The first-order valence-electron chi connectivity index (χ1n) is 5.80. The molecule has 0 atom stereocenters. The third-order valence-electron chi connectivity index (χ3n) is 2.70. The highest BCUT2D eigenvalue weighted by atomic mass is 32.2. The molecule has 112 valence electrons. The Hall–Kier alpha value is -1.41. The third-order valence-corrected chi connectivity index (χ3v) is 4.17. The van der Waals surface area contributed by atoms with Gasteiger partial charge in [-0.3, -0.25) is 0 Å². The molecule has 1 heterocycles. The summed E-state index contributed by atoms with van der Waals surface area (Å²) in [6.45, 7) is 0. The molecule has 1 aromatic carbocycles. The number of nitrogen functional groups attached to an aromatic ring is 1. The molecule has 2 rings (SSSR count). The second kappa shape index (κ2) is 6.15. The van der Waals surface area contributed by atoms with Crippen LogP contribution in [0.15, 0.2) is 34.2 Å². The van der Waals surface area contributed by atoms with Crippen molar-refractivity contribution in [2.45, 2.75) is 16.1 Å². The zero-order valence-corrected chi connectivity index (χ0v) is 12.9. The van der Waals surface area contributed by atoms with E-state index in [2.05, 4.69) is 9.97 Å². The van der Waals surface area contributed by atoms with Crippen LogP contribution in [0.3, 0.4) is 0 Å². The van der Waals surface area contributed by atoms with Crippen LogP contribution >= 0.6 is 23.5 Å². The van der Waals surface area contributed by atoms with Crippen molar-refractivity contribution in [2.75, 3.05) is 18.2 Å². The van der Waals surface area contributed by atoms with Crippen LogP contribution in [-0.2, 0) is 6.18 Å². The number of aromatic nitrogens is 2. The minimum absolute atomic E-state index is 0.0997. The van der Waals surface area contributed by atoms with E-state index in [0.29, 0.717) is 10.6 Å². The van der Waals surface area contributed by atoms with Gasteiger partial charge >= 0.3 is 6.18 Å². The van der Waals surface area contributed by atoms with Crippen LogP contribution in [0, 0.1) is 0 Å². The first kappa shape index (κ1) is 16.0. The van der Waals surface area contributed by atoms with Crippen molar-refractivity contribution in [1.29, 1.82) is 0 Å². The molecule has 2 aromatic rings. The average Bonchev–Trinajstić information content (AvgIpc) is 2.44. The van der Waals surface area contributed by atoms with Crippen molar-refractivity contribution in [2.24, 2.45) is 0 Å². The van der Waals surface area contributed by atoms with Gasteiger partial charge in [-0.05, 0) is 18.6 Å². The van der Waals surface area contributed by atoms with Crippen LogP contribution in [0.5, 0.6) is 0 Å². The Kier molecular flexibility index (Phi) is 4.67. The van der Waals surface area contributed by atoms with E-state index in [9.17, 15) is 13.2 Å². The summed E-state index contributed by atoms with van der Waals surface area (Å²) < 4.78 is 39.2. The highest BCUT2D eigenvalue weighted by Gasteiger charge is 2.34. The van der Waals surface area contributed by atoms with Gasteiger partial charge in [0.05, 0.1) is 5.56 Å². The summed E-state index contributed by atoms with van der Waals surface area (Å²) in [6, 6.07) is 5.56. The molecule has 1 aromatic heterocycles. The number of thioether (sulfide) groups is 2. The number of benzene rings is 1. The predicted molar refractivity (Wildman–Crippen MR) is 80.4 cm³/mol. The first-order valence-corrected chi connectivity index (χ1v) is 8.25. The number of hydrogen-bond acceptors (Lipinski definition) is 5. The van der Waals surface area contributed by atoms with Crippen LogP contribution in [0.25, 0.3) is 11.4 Å². The van der Waals surface area contributed by atoms with Crippen LogP contribution in [-0.4, -0.2) is 22.5 Å². The fourth-order valence-corrected chi connectivity index (χ4v) is 3.02. The van der Waals surface area contributed by atoms with E-state index in [1.807, 2.05) is 6.26 Å². The van der Waals surface area contributed by atoms with Gasteiger partial charge in [-0.25, -0.2) is 9.97 Å². The summed E-state index contributed by atoms with van der Waals surface area (Å²) >= 11 is 2.37. The molecule has 0 bridgehead atoms. The fourth-order valence-electron chi connectivity index (χ4n) is 1.82. The summed E-state index contributed by atoms with van der Waals surface area (Å²) in [5, 5.41) is 0.613. The van der Waals surface area contributed by atoms with Crippen molar-refractivity contribution in [1.82, 2.24) is 9.97 Å². The van der Waals surface area contributed by atoms with Crippen molar-refractivity contribution in [3.05, 3.63) is 29.8 Å². The van der Waals surface area contributed by atoms with E-state index < -0.39 is 11.7 Å². The molecule has 0 aliphatic heterocycles. The van der Waals surface area contributed by atoms with Gasteiger partial charge in [0.15, 0.2) is 5.82 Å². The van der Waals surface area contributed by atoms with Gasteiger partial charge < -0.3 is 5.73 Å². The molecular formula is C13H12F3N3S2. The van der Waals surface area contributed by atoms with Crippen molar-refractivity contribution in [3.8, 4) is 11.4 Å². The van der Waals surface area contributed by atoms with E-state index in [1.165, 1.54) is 17.8 Å². The zero-order valence-electron chi connectivity index (χ0n) is 11.2. The predicted octanol–water partition coefficient (Wildman–Crippen LogP) is 4.19. The zero-order chi connectivity index (χ0) is 15.6. The summed E-state index contributed by atoms with van der Waals surface area (Å²) in [4.78, 5) is 8.40. The van der Waals surface area contributed by atoms with E-state index >= 15 is 0 Å². The molecule has 0 unspecified atom stereocenters. The molecule has 21 heavy (non-hydrogen) atoms. The van der Waals surface area contributed by atoms with Crippen molar-refractivity contribution in [3.63, 3.8) is 0 Å². The summed E-state index contributed by atoms with van der Waals surface area (Å²) in [7, 11) is 0. The van der Waals surface area contributed by atoms with E-state index in [1.54, 1.807) is 18.4 Å². The maximum Gasteiger partial charge on any atom is 0.417 e. The Labute approximate surface area is 128 Å². The molecule has 0 fully saturated rings. The Morgan fingerprint density at radius 1 is 1.10 bits per heavy atom. The quantitative estimate of drug-likeness (QED) is 0.675. The number of nitrogens with zero attached hydrogens (tertiary/aromatic N) is 2.